The molecule has 0 aliphatic carbocycles. The van der Waals surface area contributed by atoms with Crippen molar-refractivity contribution in [3.63, 3.8) is 0 Å². The number of amides is 3. The monoisotopic (exact) mass is 418 g/mol. The summed E-state index contributed by atoms with van der Waals surface area (Å²) in [6.45, 7) is 2.62. The minimum absolute atomic E-state index is 0.00427. The van der Waals surface area contributed by atoms with Gasteiger partial charge in [0.1, 0.15) is 0 Å². The van der Waals surface area contributed by atoms with E-state index in [0.29, 0.717) is 6.07 Å². The summed E-state index contributed by atoms with van der Waals surface area (Å²) >= 11 is 0. The van der Waals surface area contributed by atoms with Crippen molar-refractivity contribution in [3.8, 4) is 0 Å². The van der Waals surface area contributed by atoms with Gasteiger partial charge < -0.3 is 10.1 Å². The Morgan fingerprint density at radius 2 is 1.73 bits per heavy atom. The number of carbonyl (C=O) groups excluding carboxylic acids is 4. The van der Waals surface area contributed by atoms with Gasteiger partial charge in [-0.1, -0.05) is 6.08 Å². The van der Waals surface area contributed by atoms with Crippen molar-refractivity contribution in [3.05, 3.63) is 77.1 Å². The summed E-state index contributed by atoms with van der Waals surface area (Å²) in [5.41, 5.74) is -0.601. The Hall–Kier alpha value is -3.95. The van der Waals surface area contributed by atoms with E-state index in [2.05, 4.69) is 6.58 Å². The number of esters is 1. The SMILES string of the molecule is C=CCN1C(=O)c2ccc(C(=O)OCC(=O)Nc3ccc(F)c(F)c3F)cc2C1=O. The Bertz CT molecular complexity index is 1100. The van der Waals surface area contributed by atoms with Gasteiger partial charge in [0.25, 0.3) is 17.7 Å². The number of benzene rings is 2. The molecule has 1 aliphatic rings. The molecule has 1 heterocycles. The van der Waals surface area contributed by atoms with E-state index in [1.165, 1.54) is 18.2 Å². The molecule has 0 unspecified atom stereocenters. The molecule has 30 heavy (non-hydrogen) atoms. The van der Waals surface area contributed by atoms with Crippen molar-refractivity contribution in [2.75, 3.05) is 18.5 Å². The highest BCUT2D eigenvalue weighted by Gasteiger charge is 2.35. The van der Waals surface area contributed by atoms with Crippen LogP contribution in [0.2, 0.25) is 0 Å². The molecule has 2 aromatic rings. The van der Waals surface area contributed by atoms with Crippen molar-refractivity contribution < 1.29 is 37.1 Å². The standard InChI is InChI=1S/C20H13F3N2O5/c1-2-7-25-18(27)11-4-3-10(8-12(11)19(25)28)20(29)30-9-15(26)24-14-6-5-13(21)16(22)17(14)23/h2-6,8H,1,7,9H2,(H,24,26). The van der Waals surface area contributed by atoms with Gasteiger partial charge >= 0.3 is 5.97 Å². The number of fused-ring (bicyclic) bond motifs is 1. The van der Waals surface area contributed by atoms with Gasteiger partial charge in [-0.2, -0.15) is 0 Å². The molecule has 154 valence electrons. The highest BCUT2D eigenvalue weighted by atomic mass is 19.2. The van der Waals surface area contributed by atoms with E-state index >= 15 is 0 Å². The zero-order chi connectivity index (χ0) is 22.0. The summed E-state index contributed by atoms with van der Waals surface area (Å²) < 4.78 is 44.4. The predicted octanol–water partition coefficient (Wildman–Crippen LogP) is 2.68. The van der Waals surface area contributed by atoms with Crippen LogP contribution in [0.25, 0.3) is 0 Å². The van der Waals surface area contributed by atoms with Crippen LogP contribution >= 0.6 is 0 Å². The molecular formula is C20H13F3N2O5. The summed E-state index contributed by atoms with van der Waals surface area (Å²) in [4.78, 5) is 49.3. The molecule has 3 rings (SSSR count). The molecule has 0 aromatic heterocycles. The normalized spacial score (nSPS) is 12.6. The van der Waals surface area contributed by atoms with Gasteiger partial charge in [0.05, 0.1) is 22.4 Å². The molecule has 0 fully saturated rings. The summed E-state index contributed by atoms with van der Waals surface area (Å²) in [6.07, 6.45) is 1.38. The number of halogens is 3. The molecule has 10 heteroatoms. The third kappa shape index (κ3) is 3.79. The minimum atomic E-state index is -1.76. The highest BCUT2D eigenvalue weighted by Crippen LogP contribution is 2.24. The first-order valence-corrected chi connectivity index (χ1v) is 8.46. The highest BCUT2D eigenvalue weighted by molar-refractivity contribution is 6.22. The maximum Gasteiger partial charge on any atom is 0.338 e. The molecule has 3 amide bonds. The first-order chi connectivity index (χ1) is 14.2. The van der Waals surface area contributed by atoms with Gasteiger partial charge in [-0.15, -0.1) is 6.58 Å². The van der Waals surface area contributed by atoms with Crippen LogP contribution in [-0.2, 0) is 9.53 Å². The number of anilines is 1. The minimum Gasteiger partial charge on any atom is -0.452 e. The Kier molecular flexibility index (Phi) is 5.67. The van der Waals surface area contributed by atoms with E-state index in [-0.39, 0.29) is 23.2 Å². The van der Waals surface area contributed by atoms with E-state index in [0.717, 1.165) is 17.0 Å². The van der Waals surface area contributed by atoms with Crippen LogP contribution in [0.5, 0.6) is 0 Å². The molecule has 0 atom stereocenters. The Morgan fingerprint density at radius 3 is 2.43 bits per heavy atom. The molecule has 0 radical (unpaired) electrons. The van der Waals surface area contributed by atoms with Crippen molar-refractivity contribution in [1.82, 2.24) is 4.90 Å². The van der Waals surface area contributed by atoms with Crippen LogP contribution < -0.4 is 5.32 Å². The van der Waals surface area contributed by atoms with Crippen LogP contribution in [-0.4, -0.2) is 41.7 Å². The van der Waals surface area contributed by atoms with Crippen molar-refractivity contribution in [1.29, 1.82) is 0 Å². The second-order valence-corrected chi connectivity index (χ2v) is 6.12. The lowest BCUT2D eigenvalue weighted by Crippen LogP contribution is -2.29. The first kappa shape index (κ1) is 20.8. The zero-order valence-corrected chi connectivity index (χ0v) is 15.2. The number of imide groups is 1. The fourth-order valence-electron chi connectivity index (χ4n) is 2.74. The van der Waals surface area contributed by atoms with Crippen LogP contribution in [0.4, 0.5) is 18.9 Å². The van der Waals surface area contributed by atoms with E-state index in [1.54, 1.807) is 0 Å². The third-order valence-corrected chi connectivity index (χ3v) is 4.16. The Balaban J connectivity index is 1.66. The van der Waals surface area contributed by atoms with Crippen LogP contribution in [0.15, 0.2) is 43.0 Å². The van der Waals surface area contributed by atoms with E-state index in [9.17, 15) is 32.3 Å². The fourth-order valence-corrected chi connectivity index (χ4v) is 2.74. The van der Waals surface area contributed by atoms with Gasteiger partial charge in [-0.25, -0.2) is 18.0 Å². The largest absolute Gasteiger partial charge is 0.452 e. The maximum atomic E-state index is 13.6. The fraction of sp³-hybridized carbons (Fsp3) is 0.100. The third-order valence-electron chi connectivity index (χ3n) is 4.16. The molecule has 7 nitrogen and oxygen atoms in total. The van der Waals surface area contributed by atoms with Gasteiger partial charge in [-0.05, 0) is 30.3 Å². The molecular weight excluding hydrogens is 405 g/mol. The number of nitrogens with one attached hydrogen (secondary N) is 1. The maximum absolute atomic E-state index is 13.6. The van der Waals surface area contributed by atoms with E-state index in [1.807, 2.05) is 5.32 Å². The number of rotatable bonds is 6. The summed E-state index contributed by atoms with van der Waals surface area (Å²) in [5.74, 6) is -7.89. The summed E-state index contributed by atoms with van der Waals surface area (Å²) in [5, 5.41) is 1.95. The van der Waals surface area contributed by atoms with E-state index in [4.69, 9.17) is 4.74 Å². The lowest BCUT2D eigenvalue weighted by Gasteiger charge is -2.09. The van der Waals surface area contributed by atoms with Gasteiger partial charge in [-0.3, -0.25) is 19.3 Å². The molecule has 0 spiro atoms. The smallest absolute Gasteiger partial charge is 0.338 e. The molecule has 1 N–H and O–H groups in total. The first-order valence-electron chi connectivity index (χ1n) is 8.46. The predicted molar refractivity (Wildman–Crippen MR) is 97.2 cm³/mol. The van der Waals surface area contributed by atoms with Gasteiger partial charge in [0, 0.05) is 6.54 Å². The number of hydrogen-bond acceptors (Lipinski definition) is 5. The van der Waals surface area contributed by atoms with Gasteiger partial charge in [0.2, 0.25) is 0 Å². The molecule has 0 saturated heterocycles. The molecule has 0 bridgehead atoms. The average Bonchev–Trinajstić information content (AvgIpc) is 2.97. The zero-order valence-electron chi connectivity index (χ0n) is 15.2. The average molecular weight is 418 g/mol. The van der Waals surface area contributed by atoms with Crippen molar-refractivity contribution in [2.24, 2.45) is 0 Å². The quantitative estimate of drug-likeness (QED) is 0.337. The van der Waals surface area contributed by atoms with Crippen LogP contribution in [0, 0.1) is 17.5 Å². The molecule has 1 aliphatic heterocycles. The van der Waals surface area contributed by atoms with Crippen molar-refractivity contribution in [2.45, 2.75) is 0 Å². The Labute approximate surface area is 167 Å². The molecule has 2 aromatic carbocycles. The second kappa shape index (κ2) is 8.19. The second-order valence-electron chi connectivity index (χ2n) is 6.12. The topological polar surface area (TPSA) is 92.8 Å². The van der Waals surface area contributed by atoms with Gasteiger partial charge in [0.15, 0.2) is 24.1 Å². The number of carbonyl (C=O) groups is 4. The molecule has 0 saturated carbocycles. The lowest BCUT2D eigenvalue weighted by molar-refractivity contribution is -0.119. The Morgan fingerprint density at radius 1 is 1.03 bits per heavy atom. The number of nitrogens with zero attached hydrogens (tertiary/aromatic N) is 1. The number of ether oxygens (including phenoxy) is 1. The number of hydrogen-bond donors (Lipinski definition) is 1. The van der Waals surface area contributed by atoms with Crippen LogP contribution in [0.3, 0.4) is 0 Å². The van der Waals surface area contributed by atoms with Crippen LogP contribution in [0.1, 0.15) is 31.1 Å². The van der Waals surface area contributed by atoms with E-state index < -0.39 is 53.4 Å². The summed E-state index contributed by atoms with van der Waals surface area (Å²) in [6, 6.07) is 5.13. The summed E-state index contributed by atoms with van der Waals surface area (Å²) in [7, 11) is 0. The van der Waals surface area contributed by atoms with Crippen molar-refractivity contribution >= 4 is 29.4 Å². The lowest BCUT2D eigenvalue weighted by atomic mass is 10.1.